The zero-order chi connectivity index (χ0) is 15.2. The molecule has 1 unspecified atom stereocenters. The third kappa shape index (κ3) is 4.54. The van der Waals surface area contributed by atoms with Crippen LogP contribution in [0.1, 0.15) is 30.9 Å². The van der Waals surface area contributed by atoms with Crippen LogP contribution in [-0.4, -0.2) is 35.8 Å². The number of benzene rings is 1. The molecule has 5 nitrogen and oxygen atoms in total. The molecule has 21 heavy (non-hydrogen) atoms. The van der Waals surface area contributed by atoms with Gasteiger partial charge in [-0.15, -0.1) is 0 Å². The number of carboxylic acids is 1. The highest BCUT2D eigenvalue weighted by Crippen LogP contribution is 2.33. The molecule has 0 amide bonds. The molecule has 6 heteroatoms. The Morgan fingerprint density at radius 1 is 1.43 bits per heavy atom. The number of hydrogen-bond donors (Lipinski definition) is 2. The van der Waals surface area contributed by atoms with Crippen molar-refractivity contribution in [1.82, 2.24) is 0 Å². The highest BCUT2D eigenvalue weighted by Gasteiger charge is 2.18. The van der Waals surface area contributed by atoms with Crippen molar-refractivity contribution in [3.63, 3.8) is 0 Å². The van der Waals surface area contributed by atoms with Crippen LogP contribution in [0.5, 0.6) is 11.5 Å². The van der Waals surface area contributed by atoms with Crippen LogP contribution in [0.3, 0.4) is 0 Å². The number of ether oxygens (including phenoxy) is 2. The maximum absolute atomic E-state index is 10.7. The number of nitrogens with two attached hydrogens (primary N) is 1. The molecule has 3 N–H and O–H groups in total. The minimum atomic E-state index is -0.915. The fraction of sp³-hybridized carbons (Fsp3) is 0.533. The maximum atomic E-state index is 10.7. The van der Waals surface area contributed by atoms with Gasteiger partial charge in [0.1, 0.15) is 6.10 Å². The van der Waals surface area contributed by atoms with Crippen LogP contribution in [0.4, 0.5) is 0 Å². The Morgan fingerprint density at radius 2 is 2.14 bits per heavy atom. The summed E-state index contributed by atoms with van der Waals surface area (Å²) in [6.45, 7) is 0. The van der Waals surface area contributed by atoms with Gasteiger partial charge in [0.25, 0.3) is 0 Å². The smallest absolute Gasteiger partial charge is 0.305 e. The van der Waals surface area contributed by atoms with Gasteiger partial charge in [-0.25, -0.2) is 0 Å². The van der Waals surface area contributed by atoms with Crippen molar-refractivity contribution < 1.29 is 19.4 Å². The van der Waals surface area contributed by atoms with Crippen molar-refractivity contribution in [2.45, 2.75) is 31.4 Å². The molecule has 1 aromatic rings. The fourth-order valence-electron chi connectivity index (χ4n) is 2.29. The van der Waals surface area contributed by atoms with Crippen molar-refractivity contribution in [3.8, 4) is 11.5 Å². The molecule has 0 bridgehead atoms. The summed E-state index contributed by atoms with van der Waals surface area (Å²) in [4.78, 5) is 10.7. The average Bonchev–Trinajstić information content (AvgIpc) is 2.48. The van der Waals surface area contributed by atoms with Crippen molar-refractivity contribution >= 4 is 17.7 Å². The molecule has 0 aliphatic carbocycles. The minimum absolute atomic E-state index is 0.108. The summed E-state index contributed by atoms with van der Waals surface area (Å²) in [7, 11) is 1.57. The Balaban J connectivity index is 2.10. The first-order valence-corrected chi connectivity index (χ1v) is 8.15. The lowest BCUT2D eigenvalue weighted by molar-refractivity contribution is -0.137. The van der Waals surface area contributed by atoms with E-state index < -0.39 is 12.0 Å². The summed E-state index contributed by atoms with van der Waals surface area (Å²) in [6, 6.07) is 4.85. The summed E-state index contributed by atoms with van der Waals surface area (Å²) >= 11 is 1.95. The number of aliphatic carboxylic acids is 1. The molecule has 1 aliphatic rings. The van der Waals surface area contributed by atoms with E-state index in [1.165, 1.54) is 0 Å². The second-order valence-corrected chi connectivity index (χ2v) is 6.27. The SMILES string of the molecule is COc1cc(C(N)CC(=O)O)ccc1OC1CCSCC1. The highest BCUT2D eigenvalue weighted by atomic mass is 32.2. The lowest BCUT2D eigenvalue weighted by atomic mass is 10.0. The van der Waals surface area contributed by atoms with E-state index in [4.69, 9.17) is 20.3 Å². The number of carbonyl (C=O) groups is 1. The number of carboxylic acid groups (broad SMARTS) is 1. The van der Waals surface area contributed by atoms with Gasteiger partial charge in [-0.2, -0.15) is 11.8 Å². The van der Waals surface area contributed by atoms with Crippen LogP contribution in [0.2, 0.25) is 0 Å². The molecule has 1 atom stereocenters. The largest absolute Gasteiger partial charge is 0.493 e. The van der Waals surface area contributed by atoms with Crippen molar-refractivity contribution in [2.75, 3.05) is 18.6 Å². The van der Waals surface area contributed by atoms with E-state index in [1.807, 2.05) is 23.9 Å². The molecule has 1 saturated heterocycles. The lowest BCUT2D eigenvalue weighted by Crippen LogP contribution is -2.22. The van der Waals surface area contributed by atoms with Crippen LogP contribution < -0.4 is 15.2 Å². The van der Waals surface area contributed by atoms with Gasteiger partial charge in [0.2, 0.25) is 0 Å². The second kappa shape index (κ2) is 7.56. The third-order valence-corrected chi connectivity index (χ3v) is 4.52. The quantitative estimate of drug-likeness (QED) is 0.840. The monoisotopic (exact) mass is 311 g/mol. The first-order chi connectivity index (χ1) is 10.1. The molecule has 1 fully saturated rings. The van der Waals surface area contributed by atoms with E-state index in [-0.39, 0.29) is 12.5 Å². The van der Waals surface area contributed by atoms with Gasteiger partial charge in [-0.3, -0.25) is 4.79 Å². The topological polar surface area (TPSA) is 81.8 Å². The average molecular weight is 311 g/mol. The van der Waals surface area contributed by atoms with Crippen molar-refractivity contribution in [2.24, 2.45) is 5.73 Å². The van der Waals surface area contributed by atoms with E-state index in [2.05, 4.69) is 0 Å². The first-order valence-electron chi connectivity index (χ1n) is 7.00. The Morgan fingerprint density at radius 3 is 2.76 bits per heavy atom. The van der Waals surface area contributed by atoms with E-state index in [1.54, 1.807) is 13.2 Å². The first kappa shape index (κ1) is 16.0. The Bertz CT molecular complexity index is 489. The van der Waals surface area contributed by atoms with Crippen LogP contribution >= 0.6 is 11.8 Å². The molecule has 116 valence electrons. The predicted molar refractivity (Wildman–Crippen MR) is 83.2 cm³/mol. The summed E-state index contributed by atoms with van der Waals surface area (Å²) in [5, 5.41) is 8.80. The van der Waals surface area contributed by atoms with Gasteiger partial charge in [0.15, 0.2) is 11.5 Å². The zero-order valence-corrected chi connectivity index (χ0v) is 12.9. The molecule has 0 spiro atoms. The highest BCUT2D eigenvalue weighted by molar-refractivity contribution is 7.99. The molecule has 1 heterocycles. The normalized spacial score (nSPS) is 17.2. The molecule has 0 saturated carbocycles. The molecule has 0 radical (unpaired) electrons. The Hall–Kier alpha value is -1.40. The van der Waals surface area contributed by atoms with Crippen LogP contribution in [0, 0.1) is 0 Å². The summed E-state index contributed by atoms with van der Waals surface area (Å²) in [6.07, 6.45) is 2.18. The van der Waals surface area contributed by atoms with Gasteiger partial charge >= 0.3 is 5.97 Å². The fourth-order valence-corrected chi connectivity index (χ4v) is 3.35. The molecule has 1 aliphatic heterocycles. The van der Waals surface area contributed by atoms with E-state index in [9.17, 15) is 4.79 Å². The summed E-state index contributed by atoms with van der Waals surface area (Å²) in [5.74, 6) is 2.62. The van der Waals surface area contributed by atoms with Gasteiger partial charge in [0, 0.05) is 6.04 Å². The standard InChI is InChI=1S/C15H21NO4S/c1-19-14-8-10(12(16)9-15(17)18)2-3-13(14)20-11-4-6-21-7-5-11/h2-3,8,11-12H,4-7,9,16H2,1H3,(H,17,18). The molecular formula is C15H21NO4S. The lowest BCUT2D eigenvalue weighted by Gasteiger charge is -2.24. The van der Waals surface area contributed by atoms with Gasteiger partial charge in [0.05, 0.1) is 13.5 Å². The molecule has 2 rings (SSSR count). The number of methoxy groups -OCH3 is 1. The maximum Gasteiger partial charge on any atom is 0.305 e. The molecular weight excluding hydrogens is 290 g/mol. The molecule has 0 aromatic heterocycles. The summed E-state index contributed by atoms with van der Waals surface area (Å²) < 4.78 is 11.3. The van der Waals surface area contributed by atoms with Gasteiger partial charge < -0.3 is 20.3 Å². The third-order valence-electron chi connectivity index (χ3n) is 3.47. The van der Waals surface area contributed by atoms with Crippen molar-refractivity contribution in [3.05, 3.63) is 23.8 Å². The minimum Gasteiger partial charge on any atom is -0.493 e. The Labute approximate surface area is 128 Å². The number of hydrogen-bond acceptors (Lipinski definition) is 5. The van der Waals surface area contributed by atoms with E-state index in [0.717, 1.165) is 29.9 Å². The van der Waals surface area contributed by atoms with Crippen LogP contribution in [-0.2, 0) is 4.79 Å². The van der Waals surface area contributed by atoms with E-state index >= 15 is 0 Å². The van der Waals surface area contributed by atoms with Gasteiger partial charge in [-0.05, 0) is 42.0 Å². The second-order valence-electron chi connectivity index (χ2n) is 5.04. The predicted octanol–water partition coefficient (Wildman–Crippen LogP) is 2.44. The molecule has 1 aromatic carbocycles. The van der Waals surface area contributed by atoms with Crippen LogP contribution in [0.15, 0.2) is 18.2 Å². The number of thioether (sulfide) groups is 1. The van der Waals surface area contributed by atoms with Crippen molar-refractivity contribution in [1.29, 1.82) is 0 Å². The van der Waals surface area contributed by atoms with Gasteiger partial charge in [-0.1, -0.05) is 6.07 Å². The zero-order valence-electron chi connectivity index (χ0n) is 12.1. The summed E-state index contributed by atoms with van der Waals surface area (Å²) in [5.41, 5.74) is 6.61. The number of rotatable bonds is 6. The van der Waals surface area contributed by atoms with Crippen LogP contribution in [0.25, 0.3) is 0 Å². The Kier molecular flexibility index (Phi) is 5.76. The van der Waals surface area contributed by atoms with E-state index in [0.29, 0.717) is 11.5 Å².